The van der Waals surface area contributed by atoms with Crippen molar-refractivity contribution in [3.8, 4) is 17.0 Å². The monoisotopic (exact) mass is 486 g/mol. The van der Waals surface area contributed by atoms with Crippen molar-refractivity contribution in [1.82, 2.24) is 15.1 Å². The smallest absolute Gasteiger partial charge is 0.270 e. The Kier molecular flexibility index (Phi) is 6.01. The number of carbonyl (C=O) groups is 2. The van der Waals surface area contributed by atoms with Crippen molar-refractivity contribution in [3.05, 3.63) is 69.8 Å². The summed E-state index contributed by atoms with van der Waals surface area (Å²) >= 11 is 17.6. The Morgan fingerprint density at radius 3 is 2.34 bits per heavy atom. The van der Waals surface area contributed by atoms with Crippen LogP contribution >= 0.6 is 35.4 Å². The van der Waals surface area contributed by atoms with Gasteiger partial charge >= 0.3 is 0 Å². The number of hydrogen-bond donors (Lipinski definition) is 1. The number of rotatable bonds is 4. The molecular weight excluding hydrogens is 471 g/mol. The molecule has 10 heteroatoms. The molecule has 2 heterocycles. The predicted octanol–water partition coefficient (Wildman–Crippen LogP) is 4.23. The topological polar surface area (TPSA) is 76.5 Å². The van der Waals surface area contributed by atoms with E-state index in [1.54, 1.807) is 50.6 Å². The molecule has 7 nitrogen and oxygen atoms in total. The number of ether oxygens (including phenoxy) is 1. The van der Waals surface area contributed by atoms with Gasteiger partial charge in [0.2, 0.25) is 0 Å². The minimum Gasteiger partial charge on any atom is -0.497 e. The van der Waals surface area contributed by atoms with Crippen LogP contribution in [0.4, 0.5) is 5.69 Å². The van der Waals surface area contributed by atoms with Crippen LogP contribution < -0.4 is 15.0 Å². The third-order valence-corrected chi connectivity index (χ3v) is 5.83. The second-order valence-corrected chi connectivity index (χ2v) is 8.02. The molecule has 2 aromatic carbocycles. The molecular formula is C22H16Cl2N4O3S. The molecule has 0 aliphatic carbocycles. The maximum Gasteiger partial charge on any atom is 0.270 e. The molecule has 1 aliphatic heterocycles. The Morgan fingerprint density at radius 1 is 1.06 bits per heavy atom. The average Bonchev–Trinajstić information content (AvgIpc) is 3.06. The minimum absolute atomic E-state index is 0.0212. The molecule has 3 aromatic rings. The van der Waals surface area contributed by atoms with Crippen molar-refractivity contribution in [3.63, 3.8) is 0 Å². The standard InChI is InChI=1S/C22H16Cl2N4O3S/c1-27-19(24)16(18(26-27)12-3-9-15(31-2)10-4-12)11-17-20(29)25-22(32)28(21(17)30)14-7-5-13(23)6-8-14/h3-11H,1-2H3,(H,25,29,32). The van der Waals surface area contributed by atoms with Gasteiger partial charge in [-0.1, -0.05) is 23.2 Å². The van der Waals surface area contributed by atoms with E-state index in [9.17, 15) is 9.59 Å². The molecule has 0 radical (unpaired) electrons. The molecule has 4 rings (SSSR count). The fourth-order valence-corrected chi connectivity index (χ4v) is 3.83. The van der Waals surface area contributed by atoms with Gasteiger partial charge in [0, 0.05) is 23.2 Å². The van der Waals surface area contributed by atoms with E-state index in [0.29, 0.717) is 27.7 Å². The first-order valence-corrected chi connectivity index (χ1v) is 10.5. The second kappa shape index (κ2) is 8.74. The van der Waals surface area contributed by atoms with Crippen molar-refractivity contribution in [2.24, 2.45) is 7.05 Å². The summed E-state index contributed by atoms with van der Waals surface area (Å²) in [5.74, 6) is -0.517. The van der Waals surface area contributed by atoms with Crippen LogP contribution in [0, 0.1) is 0 Å². The maximum absolute atomic E-state index is 13.3. The van der Waals surface area contributed by atoms with Crippen molar-refractivity contribution in [2.45, 2.75) is 0 Å². The lowest BCUT2D eigenvalue weighted by Gasteiger charge is -2.28. The Morgan fingerprint density at radius 2 is 1.72 bits per heavy atom. The number of nitrogens with zero attached hydrogens (tertiary/aromatic N) is 3. The van der Waals surface area contributed by atoms with Gasteiger partial charge in [0.25, 0.3) is 11.8 Å². The summed E-state index contributed by atoms with van der Waals surface area (Å²) in [6.45, 7) is 0. The van der Waals surface area contributed by atoms with Crippen molar-refractivity contribution >= 4 is 64.1 Å². The van der Waals surface area contributed by atoms with E-state index in [1.807, 2.05) is 12.1 Å². The number of benzene rings is 2. The summed E-state index contributed by atoms with van der Waals surface area (Å²) in [7, 11) is 3.25. The second-order valence-electron chi connectivity index (χ2n) is 6.84. The van der Waals surface area contributed by atoms with Gasteiger partial charge in [-0.05, 0) is 66.8 Å². The molecule has 0 atom stereocenters. The summed E-state index contributed by atoms with van der Waals surface area (Å²) in [5, 5.41) is 7.77. The van der Waals surface area contributed by atoms with Crippen LogP contribution in [0.25, 0.3) is 17.3 Å². The number of amides is 2. The molecule has 2 amide bonds. The first-order valence-electron chi connectivity index (χ1n) is 9.34. The van der Waals surface area contributed by atoms with E-state index < -0.39 is 11.8 Å². The summed E-state index contributed by atoms with van der Waals surface area (Å²) in [6, 6.07) is 13.7. The zero-order valence-electron chi connectivity index (χ0n) is 16.9. The van der Waals surface area contributed by atoms with Crippen LogP contribution in [0.1, 0.15) is 5.56 Å². The molecule has 1 saturated heterocycles. The van der Waals surface area contributed by atoms with E-state index in [2.05, 4.69) is 10.4 Å². The summed E-state index contributed by atoms with van der Waals surface area (Å²) in [4.78, 5) is 27.2. The van der Waals surface area contributed by atoms with Crippen LogP contribution in [-0.4, -0.2) is 33.8 Å². The lowest BCUT2D eigenvalue weighted by Crippen LogP contribution is -2.54. The number of aryl methyl sites for hydroxylation is 1. The maximum atomic E-state index is 13.3. The highest BCUT2D eigenvalue weighted by Crippen LogP contribution is 2.32. The summed E-state index contributed by atoms with van der Waals surface area (Å²) < 4.78 is 6.67. The highest BCUT2D eigenvalue weighted by atomic mass is 35.5. The third kappa shape index (κ3) is 4.00. The SMILES string of the molecule is COc1ccc(-c2nn(C)c(Cl)c2C=C2C(=O)NC(=S)N(c3ccc(Cl)cc3)C2=O)cc1. The predicted molar refractivity (Wildman–Crippen MR) is 128 cm³/mol. The van der Waals surface area contributed by atoms with Gasteiger partial charge in [0.15, 0.2) is 5.11 Å². The van der Waals surface area contributed by atoms with Gasteiger partial charge in [-0.15, -0.1) is 0 Å². The lowest BCUT2D eigenvalue weighted by molar-refractivity contribution is -0.122. The number of methoxy groups -OCH3 is 1. The van der Waals surface area contributed by atoms with Gasteiger partial charge in [0.1, 0.15) is 22.2 Å². The zero-order valence-corrected chi connectivity index (χ0v) is 19.3. The number of anilines is 1. The molecule has 1 fully saturated rings. The molecule has 1 aliphatic rings. The lowest BCUT2D eigenvalue weighted by atomic mass is 10.0. The minimum atomic E-state index is -0.620. The zero-order chi connectivity index (χ0) is 23.0. The molecule has 0 saturated carbocycles. The molecule has 1 N–H and O–H groups in total. The first-order chi connectivity index (χ1) is 15.3. The van der Waals surface area contributed by atoms with Crippen molar-refractivity contribution in [2.75, 3.05) is 12.0 Å². The molecule has 0 bridgehead atoms. The Hall–Kier alpha value is -3.20. The summed E-state index contributed by atoms with van der Waals surface area (Å²) in [5.41, 5.74) is 2.04. The Bertz CT molecular complexity index is 1270. The number of nitrogens with one attached hydrogen (secondary N) is 1. The van der Waals surface area contributed by atoms with Crippen LogP contribution in [0.2, 0.25) is 10.2 Å². The molecule has 1 aromatic heterocycles. The Balaban J connectivity index is 1.80. The molecule has 0 spiro atoms. The van der Waals surface area contributed by atoms with Crippen LogP contribution in [-0.2, 0) is 16.6 Å². The number of hydrogen-bond acceptors (Lipinski definition) is 5. The van der Waals surface area contributed by atoms with E-state index in [-0.39, 0.29) is 15.8 Å². The fraction of sp³-hybridized carbons (Fsp3) is 0.0909. The quantitative estimate of drug-likeness (QED) is 0.339. The molecule has 32 heavy (non-hydrogen) atoms. The average molecular weight is 487 g/mol. The van der Waals surface area contributed by atoms with E-state index in [0.717, 1.165) is 5.56 Å². The van der Waals surface area contributed by atoms with Gasteiger partial charge in [-0.25, -0.2) is 0 Å². The van der Waals surface area contributed by atoms with E-state index in [4.69, 9.17) is 40.2 Å². The normalized spacial score (nSPS) is 15.3. The first kappa shape index (κ1) is 22.0. The largest absolute Gasteiger partial charge is 0.497 e. The van der Waals surface area contributed by atoms with Crippen molar-refractivity contribution < 1.29 is 14.3 Å². The van der Waals surface area contributed by atoms with E-state index >= 15 is 0 Å². The highest BCUT2D eigenvalue weighted by Gasteiger charge is 2.35. The van der Waals surface area contributed by atoms with Crippen LogP contribution in [0.15, 0.2) is 54.1 Å². The third-order valence-electron chi connectivity index (χ3n) is 4.85. The number of halogens is 2. The van der Waals surface area contributed by atoms with Gasteiger partial charge < -0.3 is 4.74 Å². The number of thiocarbonyl (C=S) groups is 1. The van der Waals surface area contributed by atoms with Gasteiger partial charge in [-0.2, -0.15) is 5.10 Å². The fourth-order valence-electron chi connectivity index (χ4n) is 3.24. The molecule has 162 valence electrons. The van der Waals surface area contributed by atoms with E-state index in [1.165, 1.54) is 15.7 Å². The number of aromatic nitrogens is 2. The van der Waals surface area contributed by atoms with Gasteiger partial charge in [0.05, 0.1) is 12.8 Å². The van der Waals surface area contributed by atoms with Crippen LogP contribution in [0.3, 0.4) is 0 Å². The van der Waals surface area contributed by atoms with Crippen molar-refractivity contribution in [1.29, 1.82) is 0 Å². The molecule has 0 unspecified atom stereocenters. The van der Waals surface area contributed by atoms with Crippen LogP contribution in [0.5, 0.6) is 5.75 Å². The number of carbonyl (C=O) groups excluding carboxylic acids is 2. The highest BCUT2D eigenvalue weighted by molar-refractivity contribution is 7.80. The van der Waals surface area contributed by atoms with Gasteiger partial charge in [-0.3, -0.25) is 24.5 Å². The Labute approximate surface area is 199 Å². The summed E-state index contributed by atoms with van der Waals surface area (Å²) in [6.07, 6.45) is 1.43.